The van der Waals surface area contributed by atoms with Gasteiger partial charge in [0.2, 0.25) is 10.0 Å². The third-order valence-corrected chi connectivity index (χ3v) is 5.14. The van der Waals surface area contributed by atoms with E-state index in [4.69, 9.17) is 0 Å². The SMILES string of the molecule is CCNCCCCS(=O)(=O)NCC1CCCN1CC. The minimum atomic E-state index is -3.09. The lowest BCUT2D eigenvalue weighted by atomic mass is 10.2. The van der Waals surface area contributed by atoms with E-state index in [2.05, 4.69) is 28.8 Å². The van der Waals surface area contributed by atoms with Crippen molar-refractivity contribution in [1.29, 1.82) is 0 Å². The number of unbranched alkanes of at least 4 members (excludes halogenated alkanes) is 1. The van der Waals surface area contributed by atoms with Gasteiger partial charge in [-0.3, -0.25) is 4.90 Å². The number of sulfonamides is 1. The summed E-state index contributed by atoms with van der Waals surface area (Å²) in [4.78, 5) is 2.35. The third kappa shape index (κ3) is 6.70. The van der Waals surface area contributed by atoms with Crippen LogP contribution in [0, 0.1) is 0 Å². The van der Waals surface area contributed by atoms with E-state index in [0.29, 0.717) is 12.6 Å². The highest BCUT2D eigenvalue weighted by Gasteiger charge is 2.24. The van der Waals surface area contributed by atoms with Crippen molar-refractivity contribution in [3.63, 3.8) is 0 Å². The fraction of sp³-hybridized carbons (Fsp3) is 1.00. The lowest BCUT2D eigenvalue weighted by Gasteiger charge is -2.22. The summed E-state index contributed by atoms with van der Waals surface area (Å²) in [7, 11) is -3.09. The monoisotopic (exact) mass is 291 g/mol. The van der Waals surface area contributed by atoms with E-state index in [1.165, 1.54) is 6.42 Å². The number of nitrogens with zero attached hydrogens (tertiary/aromatic N) is 1. The van der Waals surface area contributed by atoms with Crippen LogP contribution in [0.1, 0.15) is 39.5 Å². The van der Waals surface area contributed by atoms with E-state index >= 15 is 0 Å². The first-order valence-electron chi connectivity index (χ1n) is 7.51. The number of hydrogen-bond donors (Lipinski definition) is 2. The molecule has 1 rings (SSSR count). The van der Waals surface area contributed by atoms with Gasteiger partial charge in [0.05, 0.1) is 5.75 Å². The molecule has 1 aliphatic heterocycles. The number of rotatable bonds is 10. The molecule has 0 aromatic carbocycles. The van der Waals surface area contributed by atoms with Crippen LogP contribution in [-0.2, 0) is 10.0 Å². The van der Waals surface area contributed by atoms with Crippen LogP contribution in [0.4, 0.5) is 0 Å². The van der Waals surface area contributed by atoms with Gasteiger partial charge < -0.3 is 5.32 Å². The van der Waals surface area contributed by atoms with Crippen LogP contribution >= 0.6 is 0 Å². The number of likely N-dealkylation sites (N-methyl/N-ethyl adjacent to an activating group) is 1. The molecule has 114 valence electrons. The van der Waals surface area contributed by atoms with Crippen LogP contribution in [0.5, 0.6) is 0 Å². The Labute approximate surface area is 118 Å². The Morgan fingerprint density at radius 1 is 1.26 bits per heavy atom. The maximum absolute atomic E-state index is 11.9. The summed E-state index contributed by atoms with van der Waals surface area (Å²) < 4.78 is 26.5. The van der Waals surface area contributed by atoms with Crippen molar-refractivity contribution in [2.24, 2.45) is 0 Å². The molecule has 0 spiro atoms. The van der Waals surface area contributed by atoms with Crippen molar-refractivity contribution < 1.29 is 8.42 Å². The van der Waals surface area contributed by atoms with Crippen molar-refractivity contribution in [3.05, 3.63) is 0 Å². The van der Waals surface area contributed by atoms with Crippen LogP contribution in [0.3, 0.4) is 0 Å². The molecule has 1 aliphatic rings. The van der Waals surface area contributed by atoms with Gasteiger partial charge in [-0.05, 0) is 51.9 Å². The molecule has 0 bridgehead atoms. The van der Waals surface area contributed by atoms with Gasteiger partial charge in [-0.15, -0.1) is 0 Å². The Kier molecular flexibility index (Phi) is 7.90. The summed E-state index contributed by atoms with van der Waals surface area (Å²) in [5, 5.41) is 3.20. The zero-order valence-electron chi connectivity index (χ0n) is 12.3. The molecule has 1 saturated heterocycles. The molecular formula is C13H29N3O2S. The Morgan fingerprint density at radius 3 is 2.74 bits per heavy atom. The summed E-state index contributed by atoms with van der Waals surface area (Å²) in [6, 6.07) is 0.390. The van der Waals surface area contributed by atoms with E-state index < -0.39 is 10.0 Å². The van der Waals surface area contributed by atoms with Gasteiger partial charge in [0.15, 0.2) is 0 Å². The second-order valence-electron chi connectivity index (χ2n) is 5.15. The Bertz CT molecular complexity index is 333. The third-order valence-electron chi connectivity index (χ3n) is 3.71. The lowest BCUT2D eigenvalue weighted by Crippen LogP contribution is -2.40. The zero-order chi connectivity index (χ0) is 14.1. The van der Waals surface area contributed by atoms with E-state index in [9.17, 15) is 8.42 Å². The zero-order valence-corrected chi connectivity index (χ0v) is 13.1. The molecule has 0 radical (unpaired) electrons. The molecule has 1 heterocycles. The minimum absolute atomic E-state index is 0.247. The topological polar surface area (TPSA) is 61.4 Å². The molecule has 0 aromatic rings. The molecule has 0 aliphatic carbocycles. The molecule has 0 aromatic heterocycles. The first-order valence-corrected chi connectivity index (χ1v) is 9.16. The quantitative estimate of drug-likeness (QED) is 0.584. The van der Waals surface area contributed by atoms with Crippen LogP contribution in [0.15, 0.2) is 0 Å². The maximum Gasteiger partial charge on any atom is 0.211 e. The molecule has 19 heavy (non-hydrogen) atoms. The van der Waals surface area contributed by atoms with E-state index in [-0.39, 0.29) is 5.75 Å². The molecule has 2 N–H and O–H groups in total. The average Bonchev–Trinajstić information content (AvgIpc) is 2.83. The highest BCUT2D eigenvalue weighted by Crippen LogP contribution is 2.15. The van der Waals surface area contributed by atoms with E-state index in [0.717, 1.165) is 45.4 Å². The molecule has 5 nitrogen and oxygen atoms in total. The fourth-order valence-electron chi connectivity index (χ4n) is 2.56. The highest BCUT2D eigenvalue weighted by atomic mass is 32.2. The minimum Gasteiger partial charge on any atom is -0.317 e. The Morgan fingerprint density at radius 2 is 2.05 bits per heavy atom. The smallest absolute Gasteiger partial charge is 0.211 e. The van der Waals surface area contributed by atoms with Crippen molar-refractivity contribution in [1.82, 2.24) is 14.9 Å². The standard InChI is InChI=1S/C13H29N3O2S/c1-3-14-9-5-6-11-19(17,18)15-12-13-8-7-10-16(13)4-2/h13-15H,3-12H2,1-2H3. The second-order valence-corrected chi connectivity index (χ2v) is 7.08. The van der Waals surface area contributed by atoms with Crippen LogP contribution in [-0.4, -0.2) is 57.8 Å². The lowest BCUT2D eigenvalue weighted by molar-refractivity contribution is 0.268. The number of nitrogens with one attached hydrogen (secondary N) is 2. The number of likely N-dealkylation sites (tertiary alicyclic amines) is 1. The Balaban J connectivity index is 2.19. The van der Waals surface area contributed by atoms with E-state index in [1.54, 1.807) is 0 Å². The second kappa shape index (κ2) is 8.89. The molecule has 6 heteroatoms. The molecule has 1 unspecified atom stereocenters. The van der Waals surface area contributed by atoms with Gasteiger partial charge in [-0.2, -0.15) is 0 Å². The predicted octanol–water partition coefficient (Wildman–Crippen LogP) is 0.780. The van der Waals surface area contributed by atoms with Crippen LogP contribution in [0.2, 0.25) is 0 Å². The van der Waals surface area contributed by atoms with Gasteiger partial charge in [-0.25, -0.2) is 13.1 Å². The first kappa shape index (κ1) is 16.9. The van der Waals surface area contributed by atoms with Gasteiger partial charge in [0, 0.05) is 12.6 Å². The van der Waals surface area contributed by atoms with Gasteiger partial charge in [-0.1, -0.05) is 13.8 Å². The molecule has 1 atom stereocenters. The van der Waals surface area contributed by atoms with Crippen LogP contribution in [0.25, 0.3) is 0 Å². The fourth-order valence-corrected chi connectivity index (χ4v) is 3.73. The average molecular weight is 291 g/mol. The van der Waals surface area contributed by atoms with Crippen molar-refractivity contribution in [2.45, 2.75) is 45.6 Å². The van der Waals surface area contributed by atoms with Gasteiger partial charge >= 0.3 is 0 Å². The normalized spacial score (nSPS) is 21.1. The largest absolute Gasteiger partial charge is 0.317 e. The molecular weight excluding hydrogens is 262 g/mol. The van der Waals surface area contributed by atoms with Crippen molar-refractivity contribution in [3.8, 4) is 0 Å². The van der Waals surface area contributed by atoms with Crippen molar-refractivity contribution in [2.75, 3.05) is 38.5 Å². The number of hydrogen-bond acceptors (Lipinski definition) is 4. The molecule has 0 saturated carbocycles. The summed E-state index contributed by atoms with van der Waals surface area (Å²) in [5.41, 5.74) is 0. The first-order chi connectivity index (χ1) is 9.09. The van der Waals surface area contributed by atoms with Crippen molar-refractivity contribution >= 4 is 10.0 Å². The maximum atomic E-state index is 11.9. The predicted molar refractivity (Wildman–Crippen MR) is 79.8 cm³/mol. The summed E-state index contributed by atoms with van der Waals surface area (Å²) in [6.45, 7) is 8.72. The highest BCUT2D eigenvalue weighted by molar-refractivity contribution is 7.89. The van der Waals surface area contributed by atoms with Gasteiger partial charge in [0.1, 0.15) is 0 Å². The van der Waals surface area contributed by atoms with Gasteiger partial charge in [0.25, 0.3) is 0 Å². The molecule has 1 fully saturated rings. The summed E-state index contributed by atoms with van der Waals surface area (Å²) in [6.07, 6.45) is 3.93. The molecule has 0 amide bonds. The van der Waals surface area contributed by atoms with E-state index in [1.807, 2.05) is 0 Å². The summed E-state index contributed by atoms with van der Waals surface area (Å²) in [5.74, 6) is 0.247. The Hall–Kier alpha value is -0.170. The summed E-state index contributed by atoms with van der Waals surface area (Å²) >= 11 is 0. The van der Waals surface area contributed by atoms with Crippen LogP contribution < -0.4 is 10.0 Å².